The first kappa shape index (κ1) is 20.9. The topological polar surface area (TPSA) is 78.3 Å². The summed E-state index contributed by atoms with van der Waals surface area (Å²) in [6.07, 6.45) is 3.28. The highest BCUT2D eigenvalue weighted by molar-refractivity contribution is 5.76. The second kappa shape index (κ2) is 8.71. The molecular formula is C19H18ClF2N4O3-. The molecule has 1 N–H and O–H groups in total. The first-order valence-corrected chi connectivity index (χ1v) is 8.85. The predicted molar refractivity (Wildman–Crippen MR) is 98.7 cm³/mol. The summed E-state index contributed by atoms with van der Waals surface area (Å²) in [6.45, 7) is 1.37. The lowest BCUT2D eigenvalue weighted by Gasteiger charge is -2.23. The Labute approximate surface area is 171 Å². The molecule has 3 heterocycles. The van der Waals surface area contributed by atoms with Crippen LogP contribution in [0.4, 0.5) is 14.7 Å². The van der Waals surface area contributed by atoms with Gasteiger partial charge in [-0.25, -0.2) is 13.8 Å². The average molecular weight is 424 g/mol. The zero-order valence-corrected chi connectivity index (χ0v) is 16.2. The molecule has 29 heavy (non-hydrogen) atoms. The zero-order valence-electron chi connectivity index (χ0n) is 15.5. The Kier molecular flexibility index (Phi) is 6.29. The fourth-order valence-electron chi connectivity index (χ4n) is 3.06. The standard InChI is InChI=1S/C19H18F2N4O3.ClH/c1-25-17-11(10-22-19(24-17)23-13-4-6-27-7-5-13)8-16(18(25)26)28-15-3-2-12(20)9-14(15)21;/h2-3,8-10,13H,4-7H2,1H3,(H,22,23,24);1H/p-1. The molecule has 0 unspecified atom stereocenters. The highest BCUT2D eigenvalue weighted by Crippen LogP contribution is 2.25. The number of rotatable bonds is 4. The Bertz CT molecular complexity index is 1090. The minimum Gasteiger partial charge on any atom is -1.00 e. The van der Waals surface area contributed by atoms with Crippen LogP contribution in [0, 0.1) is 11.6 Å². The molecule has 0 aliphatic carbocycles. The molecule has 1 aromatic carbocycles. The van der Waals surface area contributed by atoms with Crippen LogP contribution in [0.2, 0.25) is 0 Å². The average Bonchev–Trinajstić information content (AvgIpc) is 2.69. The number of anilines is 1. The van der Waals surface area contributed by atoms with Gasteiger partial charge in [0, 0.05) is 44.0 Å². The third-order valence-electron chi connectivity index (χ3n) is 4.58. The number of halogens is 3. The van der Waals surface area contributed by atoms with E-state index in [0.29, 0.717) is 36.3 Å². The minimum atomic E-state index is -0.894. The van der Waals surface area contributed by atoms with Crippen molar-refractivity contribution < 1.29 is 30.7 Å². The van der Waals surface area contributed by atoms with Crippen molar-refractivity contribution in [2.75, 3.05) is 18.5 Å². The molecule has 1 aliphatic heterocycles. The molecule has 0 saturated carbocycles. The number of ether oxygens (including phenoxy) is 2. The summed E-state index contributed by atoms with van der Waals surface area (Å²) in [7, 11) is 1.55. The molecular weight excluding hydrogens is 406 g/mol. The number of pyridine rings is 1. The van der Waals surface area contributed by atoms with Crippen molar-refractivity contribution in [1.82, 2.24) is 14.5 Å². The van der Waals surface area contributed by atoms with Gasteiger partial charge in [-0.05, 0) is 31.0 Å². The van der Waals surface area contributed by atoms with Gasteiger partial charge in [-0.15, -0.1) is 0 Å². The molecule has 1 fully saturated rings. The SMILES string of the molecule is Cn1c(=O)c(Oc2ccc(F)cc2F)cc2cnc(NC3CCOCC3)nc21.[Cl-]. The number of aryl methyl sites for hydroxylation is 1. The Balaban J connectivity index is 0.00000240. The summed E-state index contributed by atoms with van der Waals surface area (Å²) in [5, 5.41) is 3.81. The molecule has 0 radical (unpaired) electrons. The van der Waals surface area contributed by atoms with E-state index in [1.165, 1.54) is 10.6 Å². The first-order chi connectivity index (χ1) is 13.5. The van der Waals surface area contributed by atoms with Gasteiger partial charge in [0.1, 0.15) is 11.5 Å². The van der Waals surface area contributed by atoms with Gasteiger partial charge in [0.15, 0.2) is 17.3 Å². The Hall–Kier alpha value is -2.78. The van der Waals surface area contributed by atoms with E-state index in [-0.39, 0.29) is 29.9 Å². The van der Waals surface area contributed by atoms with Gasteiger partial charge in [-0.2, -0.15) is 4.98 Å². The molecule has 0 atom stereocenters. The van der Waals surface area contributed by atoms with Crippen LogP contribution in [0.1, 0.15) is 12.8 Å². The van der Waals surface area contributed by atoms with Crippen molar-refractivity contribution in [2.24, 2.45) is 7.05 Å². The van der Waals surface area contributed by atoms with Gasteiger partial charge in [-0.1, -0.05) is 0 Å². The van der Waals surface area contributed by atoms with Crippen molar-refractivity contribution >= 4 is 17.0 Å². The van der Waals surface area contributed by atoms with Crippen LogP contribution in [0.25, 0.3) is 11.0 Å². The number of nitrogens with one attached hydrogen (secondary N) is 1. The second-order valence-electron chi connectivity index (χ2n) is 6.55. The van der Waals surface area contributed by atoms with Crippen LogP contribution < -0.4 is 28.0 Å². The van der Waals surface area contributed by atoms with Crippen molar-refractivity contribution in [1.29, 1.82) is 0 Å². The van der Waals surface area contributed by atoms with Crippen LogP contribution in [0.3, 0.4) is 0 Å². The Morgan fingerprint density at radius 3 is 2.69 bits per heavy atom. The monoisotopic (exact) mass is 423 g/mol. The highest BCUT2D eigenvalue weighted by Gasteiger charge is 2.17. The van der Waals surface area contributed by atoms with Crippen LogP contribution in [-0.2, 0) is 11.8 Å². The second-order valence-corrected chi connectivity index (χ2v) is 6.55. The summed E-state index contributed by atoms with van der Waals surface area (Å²) < 4.78 is 38.9. The number of hydrogen-bond donors (Lipinski definition) is 1. The summed E-state index contributed by atoms with van der Waals surface area (Å²) in [5.74, 6) is -1.54. The van der Waals surface area contributed by atoms with Gasteiger partial charge in [0.05, 0.1) is 0 Å². The smallest absolute Gasteiger partial charge is 0.294 e. The van der Waals surface area contributed by atoms with E-state index in [0.717, 1.165) is 25.0 Å². The quantitative estimate of drug-likeness (QED) is 0.636. The maximum Gasteiger partial charge on any atom is 0.294 e. The molecule has 3 aromatic rings. The number of nitrogens with zero attached hydrogens (tertiary/aromatic N) is 3. The Morgan fingerprint density at radius 1 is 1.21 bits per heavy atom. The van der Waals surface area contributed by atoms with E-state index >= 15 is 0 Å². The molecule has 0 spiro atoms. The van der Waals surface area contributed by atoms with E-state index in [1.807, 2.05) is 0 Å². The molecule has 7 nitrogen and oxygen atoms in total. The van der Waals surface area contributed by atoms with Gasteiger partial charge in [0.2, 0.25) is 5.95 Å². The third kappa shape index (κ3) is 4.46. The van der Waals surface area contributed by atoms with Gasteiger partial charge >= 0.3 is 0 Å². The van der Waals surface area contributed by atoms with Gasteiger partial charge < -0.3 is 27.2 Å². The lowest BCUT2D eigenvalue weighted by Crippen LogP contribution is -3.00. The van der Waals surface area contributed by atoms with Crippen LogP contribution in [0.15, 0.2) is 35.3 Å². The van der Waals surface area contributed by atoms with Crippen LogP contribution in [0.5, 0.6) is 11.5 Å². The highest BCUT2D eigenvalue weighted by atomic mass is 35.5. The summed E-state index contributed by atoms with van der Waals surface area (Å²) in [5.41, 5.74) is -0.0755. The molecule has 0 bridgehead atoms. The predicted octanol–water partition coefficient (Wildman–Crippen LogP) is -0.00610. The third-order valence-corrected chi connectivity index (χ3v) is 4.58. The van der Waals surface area contributed by atoms with Crippen LogP contribution >= 0.6 is 0 Å². The van der Waals surface area contributed by atoms with Crippen molar-refractivity contribution in [3.8, 4) is 11.5 Å². The minimum absolute atomic E-state index is 0. The molecule has 1 aliphatic rings. The molecule has 0 amide bonds. The fourth-order valence-corrected chi connectivity index (χ4v) is 3.06. The fraction of sp³-hybridized carbons (Fsp3) is 0.316. The van der Waals surface area contributed by atoms with Crippen LogP contribution in [-0.4, -0.2) is 33.8 Å². The summed E-state index contributed by atoms with van der Waals surface area (Å²) in [6, 6.07) is 4.54. The van der Waals surface area contributed by atoms with Gasteiger partial charge in [0.25, 0.3) is 5.56 Å². The number of benzene rings is 1. The van der Waals surface area contributed by atoms with Crippen molar-refractivity contribution in [3.05, 3.63) is 52.5 Å². The normalized spacial score (nSPS) is 14.4. The molecule has 4 rings (SSSR count). The van der Waals surface area contributed by atoms with E-state index in [9.17, 15) is 13.6 Å². The molecule has 2 aromatic heterocycles. The number of fused-ring (bicyclic) bond motifs is 1. The summed E-state index contributed by atoms with van der Waals surface area (Å²) >= 11 is 0. The Morgan fingerprint density at radius 2 is 1.97 bits per heavy atom. The zero-order chi connectivity index (χ0) is 19.7. The lowest BCUT2D eigenvalue weighted by molar-refractivity contribution is -0.00000881. The largest absolute Gasteiger partial charge is 1.00 e. The van der Waals surface area contributed by atoms with E-state index in [4.69, 9.17) is 9.47 Å². The number of aromatic nitrogens is 3. The van der Waals surface area contributed by atoms with Crippen molar-refractivity contribution in [2.45, 2.75) is 18.9 Å². The molecule has 10 heteroatoms. The lowest BCUT2D eigenvalue weighted by atomic mass is 10.1. The van der Waals surface area contributed by atoms with Crippen molar-refractivity contribution in [3.63, 3.8) is 0 Å². The first-order valence-electron chi connectivity index (χ1n) is 8.85. The van der Waals surface area contributed by atoms with E-state index in [1.54, 1.807) is 13.2 Å². The maximum atomic E-state index is 13.8. The molecule has 1 saturated heterocycles. The van der Waals surface area contributed by atoms with Gasteiger partial charge in [-0.3, -0.25) is 9.36 Å². The molecule has 154 valence electrons. The van der Waals surface area contributed by atoms with E-state index < -0.39 is 17.2 Å². The maximum absolute atomic E-state index is 13.8. The summed E-state index contributed by atoms with van der Waals surface area (Å²) in [4.78, 5) is 21.3. The van der Waals surface area contributed by atoms with E-state index in [2.05, 4.69) is 15.3 Å². The number of hydrogen-bond acceptors (Lipinski definition) is 6.